The van der Waals surface area contributed by atoms with Gasteiger partial charge in [-0.15, -0.1) is 0 Å². The molecule has 1 aliphatic rings. The van der Waals surface area contributed by atoms with E-state index in [0.717, 1.165) is 11.1 Å². The molecule has 2 aromatic carbocycles. The maximum atomic E-state index is 12.4. The number of nitrogens with one attached hydrogen (secondary N) is 2. The number of nitrogens with zero attached hydrogens (tertiary/aromatic N) is 1. The minimum absolute atomic E-state index is 0.157. The van der Waals surface area contributed by atoms with Gasteiger partial charge in [0.05, 0.1) is 6.21 Å². The van der Waals surface area contributed by atoms with E-state index < -0.39 is 11.8 Å². The van der Waals surface area contributed by atoms with Crippen LogP contribution in [0, 0.1) is 5.92 Å². The predicted octanol–water partition coefficient (Wildman–Crippen LogP) is 1.37. The Labute approximate surface area is 139 Å². The molecule has 24 heavy (non-hydrogen) atoms. The summed E-state index contributed by atoms with van der Waals surface area (Å²) < 4.78 is 0. The molecular weight excluding hydrogens is 306 g/mol. The topological polar surface area (TPSA) is 90.8 Å². The van der Waals surface area contributed by atoms with Gasteiger partial charge in [0.1, 0.15) is 11.7 Å². The molecular formula is C18H17N3O3. The number of aromatic hydroxyl groups is 1. The first-order valence-electron chi connectivity index (χ1n) is 7.60. The maximum absolute atomic E-state index is 12.4. The highest BCUT2D eigenvalue weighted by molar-refractivity contribution is 6.03. The molecule has 6 nitrogen and oxygen atoms in total. The number of rotatable bonds is 4. The first kappa shape index (κ1) is 15.7. The highest BCUT2D eigenvalue weighted by Crippen LogP contribution is 2.28. The van der Waals surface area contributed by atoms with Crippen molar-refractivity contribution in [2.45, 2.75) is 5.92 Å². The Morgan fingerprint density at radius 2 is 1.88 bits per heavy atom. The molecule has 2 aromatic rings. The van der Waals surface area contributed by atoms with Crippen LogP contribution in [0.1, 0.15) is 17.0 Å². The van der Waals surface area contributed by atoms with Crippen LogP contribution in [0.2, 0.25) is 0 Å². The summed E-state index contributed by atoms with van der Waals surface area (Å²) in [5.41, 5.74) is 4.09. The van der Waals surface area contributed by atoms with Crippen molar-refractivity contribution < 1.29 is 14.7 Å². The largest absolute Gasteiger partial charge is 0.508 e. The van der Waals surface area contributed by atoms with Crippen molar-refractivity contribution in [1.29, 1.82) is 0 Å². The van der Waals surface area contributed by atoms with Gasteiger partial charge < -0.3 is 10.4 Å². The van der Waals surface area contributed by atoms with Gasteiger partial charge in [-0.2, -0.15) is 5.10 Å². The van der Waals surface area contributed by atoms with Crippen LogP contribution < -0.4 is 10.7 Å². The Kier molecular flexibility index (Phi) is 4.56. The van der Waals surface area contributed by atoms with E-state index in [-0.39, 0.29) is 17.6 Å². The highest BCUT2D eigenvalue weighted by atomic mass is 16.3. The molecule has 1 fully saturated rings. The third-order valence-corrected chi connectivity index (χ3v) is 3.97. The molecule has 2 amide bonds. The maximum Gasteiger partial charge on any atom is 0.253 e. The molecule has 3 N–H and O–H groups in total. The van der Waals surface area contributed by atoms with Crippen molar-refractivity contribution in [2.24, 2.45) is 11.0 Å². The number of hydrazone groups is 1. The molecule has 1 saturated heterocycles. The van der Waals surface area contributed by atoms with E-state index in [1.807, 2.05) is 30.3 Å². The number of amides is 2. The second-order valence-electron chi connectivity index (χ2n) is 5.57. The molecule has 2 atom stereocenters. The number of carbonyl (C=O) groups is 2. The Morgan fingerprint density at radius 3 is 2.58 bits per heavy atom. The van der Waals surface area contributed by atoms with Gasteiger partial charge >= 0.3 is 0 Å². The molecule has 0 spiro atoms. The lowest BCUT2D eigenvalue weighted by Gasteiger charge is -2.15. The summed E-state index contributed by atoms with van der Waals surface area (Å²) in [4.78, 5) is 24.4. The number of carbonyl (C=O) groups excluding carboxylic acids is 2. The van der Waals surface area contributed by atoms with Crippen LogP contribution >= 0.6 is 0 Å². The second kappa shape index (κ2) is 6.95. The molecule has 0 bridgehead atoms. The third kappa shape index (κ3) is 3.43. The van der Waals surface area contributed by atoms with E-state index in [4.69, 9.17) is 0 Å². The third-order valence-electron chi connectivity index (χ3n) is 3.97. The van der Waals surface area contributed by atoms with Crippen molar-refractivity contribution in [3.63, 3.8) is 0 Å². The predicted molar refractivity (Wildman–Crippen MR) is 89.5 cm³/mol. The fourth-order valence-electron chi connectivity index (χ4n) is 2.73. The van der Waals surface area contributed by atoms with Crippen molar-refractivity contribution in [3.8, 4) is 5.75 Å². The van der Waals surface area contributed by atoms with Crippen LogP contribution in [0.15, 0.2) is 59.7 Å². The molecule has 2 unspecified atom stereocenters. The van der Waals surface area contributed by atoms with Crippen molar-refractivity contribution in [2.75, 3.05) is 6.54 Å². The summed E-state index contributed by atoms with van der Waals surface area (Å²) in [5, 5.41) is 15.8. The average molecular weight is 323 g/mol. The Bertz CT molecular complexity index is 757. The molecule has 6 heteroatoms. The van der Waals surface area contributed by atoms with Crippen LogP contribution in [0.4, 0.5) is 0 Å². The monoisotopic (exact) mass is 323 g/mol. The quantitative estimate of drug-likeness (QED) is 0.451. The molecule has 0 aromatic heterocycles. The summed E-state index contributed by atoms with van der Waals surface area (Å²) in [6, 6.07) is 15.9. The van der Waals surface area contributed by atoms with Crippen LogP contribution in [0.3, 0.4) is 0 Å². The Hall–Kier alpha value is -3.15. The number of phenolic OH excluding ortho intramolecular Hbond substituents is 1. The first-order valence-corrected chi connectivity index (χ1v) is 7.60. The number of hydrogen-bond donors (Lipinski definition) is 3. The van der Waals surface area contributed by atoms with E-state index in [1.165, 1.54) is 18.3 Å². The summed E-state index contributed by atoms with van der Waals surface area (Å²) in [6.45, 7) is 0.433. The van der Waals surface area contributed by atoms with Gasteiger partial charge in [-0.05, 0) is 35.4 Å². The summed E-state index contributed by atoms with van der Waals surface area (Å²) in [5.74, 6) is -1.58. The van der Waals surface area contributed by atoms with Gasteiger partial charge in [-0.25, -0.2) is 5.43 Å². The zero-order valence-corrected chi connectivity index (χ0v) is 12.8. The molecule has 0 saturated carbocycles. The van der Waals surface area contributed by atoms with Gasteiger partial charge in [-0.1, -0.05) is 30.3 Å². The molecule has 1 heterocycles. The van der Waals surface area contributed by atoms with E-state index in [0.29, 0.717) is 6.54 Å². The lowest BCUT2D eigenvalue weighted by Crippen LogP contribution is -2.34. The summed E-state index contributed by atoms with van der Waals surface area (Å²) in [6.07, 6.45) is 1.46. The van der Waals surface area contributed by atoms with Crippen LogP contribution in [0.5, 0.6) is 5.75 Å². The van der Waals surface area contributed by atoms with Gasteiger partial charge in [-0.3, -0.25) is 9.59 Å². The van der Waals surface area contributed by atoms with Gasteiger partial charge in [0.25, 0.3) is 5.91 Å². The molecule has 122 valence electrons. The van der Waals surface area contributed by atoms with Crippen LogP contribution in [0.25, 0.3) is 0 Å². The lowest BCUT2D eigenvalue weighted by atomic mass is 9.88. The standard InChI is InChI=1S/C18H17N3O3/c22-14-8-6-12(7-9-14)10-20-21-18(24)16-15(11-19-17(16)23)13-4-2-1-3-5-13/h1-10,15-16,22H,11H2,(H,19,23)(H,21,24)/b20-10+. The first-order chi connectivity index (χ1) is 11.6. The van der Waals surface area contributed by atoms with Gasteiger partial charge in [0, 0.05) is 12.5 Å². The minimum Gasteiger partial charge on any atom is -0.508 e. The second-order valence-corrected chi connectivity index (χ2v) is 5.57. The van der Waals surface area contributed by atoms with Crippen LogP contribution in [-0.2, 0) is 9.59 Å². The van der Waals surface area contributed by atoms with E-state index in [1.54, 1.807) is 12.1 Å². The van der Waals surface area contributed by atoms with Crippen LogP contribution in [-0.4, -0.2) is 29.7 Å². The summed E-state index contributed by atoms with van der Waals surface area (Å²) >= 11 is 0. The van der Waals surface area contributed by atoms with Gasteiger partial charge in [0.15, 0.2) is 0 Å². The Balaban J connectivity index is 1.68. The van der Waals surface area contributed by atoms with Crippen molar-refractivity contribution in [1.82, 2.24) is 10.7 Å². The van der Waals surface area contributed by atoms with E-state index in [9.17, 15) is 14.7 Å². The molecule has 0 radical (unpaired) electrons. The van der Waals surface area contributed by atoms with Crippen molar-refractivity contribution >= 4 is 18.0 Å². The molecule has 1 aliphatic heterocycles. The Morgan fingerprint density at radius 1 is 1.17 bits per heavy atom. The summed E-state index contributed by atoms with van der Waals surface area (Å²) in [7, 11) is 0. The molecule has 0 aliphatic carbocycles. The number of hydrogen-bond acceptors (Lipinski definition) is 4. The van der Waals surface area contributed by atoms with E-state index in [2.05, 4.69) is 15.8 Å². The fourth-order valence-corrected chi connectivity index (χ4v) is 2.73. The number of phenols is 1. The number of benzene rings is 2. The zero-order valence-electron chi connectivity index (χ0n) is 12.8. The highest BCUT2D eigenvalue weighted by Gasteiger charge is 2.40. The average Bonchev–Trinajstić information content (AvgIpc) is 2.99. The van der Waals surface area contributed by atoms with Gasteiger partial charge in [0.2, 0.25) is 5.91 Å². The molecule has 3 rings (SSSR count). The normalized spacial score (nSPS) is 20.1. The minimum atomic E-state index is -0.802. The zero-order chi connectivity index (χ0) is 16.9. The van der Waals surface area contributed by atoms with Crippen molar-refractivity contribution in [3.05, 3.63) is 65.7 Å². The fraction of sp³-hybridized carbons (Fsp3) is 0.167. The smallest absolute Gasteiger partial charge is 0.253 e. The lowest BCUT2D eigenvalue weighted by molar-refractivity contribution is -0.133. The SMILES string of the molecule is O=C1NCC(c2ccccc2)C1C(=O)N/N=C/c1ccc(O)cc1. The van der Waals surface area contributed by atoms with E-state index >= 15 is 0 Å².